The molecule has 0 radical (unpaired) electrons. The van der Waals surface area contributed by atoms with Gasteiger partial charge in [-0.1, -0.05) is 41.5 Å². The van der Waals surface area contributed by atoms with Crippen LogP contribution in [0.4, 0.5) is 0 Å². The largest absolute Gasteiger partial charge is 0.462 e. The average molecular weight is 667 g/mol. The van der Waals surface area contributed by atoms with Crippen molar-refractivity contribution in [2.24, 2.45) is 22.7 Å². The third-order valence-corrected chi connectivity index (χ3v) is 17.5. The summed E-state index contributed by atoms with van der Waals surface area (Å²) in [5, 5.41) is 0. The topological polar surface area (TPSA) is 139 Å². The fraction of sp³-hybridized carbons (Fsp3) is 0.882. The van der Waals surface area contributed by atoms with E-state index < -0.39 is 96.1 Å². The van der Waals surface area contributed by atoms with Crippen molar-refractivity contribution in [3.8, 4) is 0 Å². The minimum atomic E-state index is -2.11. The van der Waals surface area contributed by atoms with Crippen molar-refractivity contribution in [2.45, 2.75) is 161 Å². The van der Waals surface area contributed by atoms with E-state index in [4.69, 9.17) is 32.8 Å². The first-order valence-corrected chi connectivity index (χ1v) is 19.6. The first-order chi connectivity index (χ1) is 21.3. The van der Waals surface area contributed by atoms with Crippen molar-refractivity contribution in [3.05, 3.63) is 0 Å². The van der Waals surface area contributed by atoms with Gasteiger partial charge in [0, 0.05) is 50.4 Å². The lowest BCUT2D eigenvalue weighted by molar-refractivity contribution is -0.253. The van der Waals surface area contributed by atoms with Gasteiger partial charge in [-0.2, -0.15) is 0 Å². The summed E-state index contributed by atoms with van der Waals surface area (Å²) in [4.78, 5) is 51.5. The van der Waals surface area contributed by atoms with Crippen LogP contribution in [0.15, 0.2) is 0 Å². The summed E-state index contributed by atoms with van der Waals surface area (Å²) >= 11 is 0. The highest BCUT2D eigenvalue weighted by atomic mass is 28.4. The van der Waals surface area contributed by atoms with Crippen LogP contribution in [0.2, 0.25) is 18.1 Å². The van der Waals surface area contributed by atoms with Crippen LogP contribution < -0.4 is 0 Å². The maximum absolute atomic E-state index is 13.1. The number of carbonyl (C=O) groups is 4. The maximum atomic E-state index is 13.1. The number of fused-ring (bicyclic) bond motifs is 3. The minimum absolute atomic E-state index is 0.257. The molecular weight excluding hydrogens is 612 g/mol. The van der Waals surface area contributed by atoms with Crippen LogP contribution in [0, 0.1) is 22.7 Å². The molecule has 2 aliphatic heterocycles. The van der Waals surface area contributed by atoms with E-state index in [0.29, 0.717) is 25.9 Å². The van der Waals surface area contributed by atoms with Crippen molar-refractivity contribution in [1.82, 2.24) is 0 Å². The van der Waals surface area contributed by atoms with E-state index in [1.807, 2.05) is 27.7 Å². The zero-order valence-corrected chi connectivity index (χ0v) is 30.5. The summed E-state index contributed by atoms with van der Waals surface area (Å²) in [5.74, 6) is -2.94. The lowest BCUT2D eigenvalue weighted by atomic mass is 9.45. The van der Waals surface area contributed by atoms with E-state index in [1.54, 1.807) is 0 Å². The average Bonchev–Trinajstić information content (AvgIpc) is 3.87. The number of rotatable bonds is 9. The second-order valence-corrected chi connectivity index (χ2v) is 20.1. The smallest absolute Gasteiger partial charge is 0.303 e. The number of hydrogen-bond donors (Lipinski definition) is 0. The summed E-state index contributed by atoms with van der Waals surface area (Å²) in [6, 6.07) is 2.89. The number of ether oxygens (including phenoxy) is 6. The molecule has 3 saturated carbocycles. The molecule has 11 atom stereocenters. The SMILES string of the molecule is CC[Si](CC)(CC)O[C@H]1CC[C@@]2(C)[C@@H](OC(C)=O)[C@H](OC(C)=O)[C@@]34O[C@]3(C)[C@@H](OC(C)=O)C[C@@H]([C@@H](OC(C)=O)[C@@H]2[C@]12CO2)C4(C)C. The van der Waals surface area contributed by atoms with Crippen LogP contribution in [0.1, 0.15) is 95.4 Å². The minimum Gasteiger partial charge on any atom is -0.462 e. The van der Waals surface area contributed by atoms with E-state index in [-0.39, 0.29) is 6.10 Å². The molecule has 0 N–H and O–H groups in total. The molecule has 2 saturated heterocycles. The molecule has 5 rings (SSSR count). The standard InChI is InChI=1S/C34H54O11Si/c1-12-46(13-2,14-3)44-24-15-16-31(10)27(33(24)18-39-33)26(41-20(5)36)23-17-25(40-19(4)35)32(11)34(45-32,30(23,8)9)29(43-22(7)38)28(31)42-21(6)37/h23-29H,12-18H2,1-11H3/t23-,24-,25-,26+,27-,28-,29-,31+,32+,33-,34-/m0/s1. The van der Waals surface area contributed by atoms with Crippen LogP contribution in [0.25, 0.3) is 0 Å². The Kier molecular flexibility index (Phi) is 8.86. The highest BCUT2D eigenvalue weighted by Crippen LogP contribution is 2.75. The van der Waals surface area contributed by atoms with Gasteiger partial charge < -0.3 is 32.8 Å². The van der Waals surface area contributed by atoms with Gasteiger partial charge in [0.2, 0.25) is 0 Å². The Morgan fingerprint density at radius 2 is 1.28 bits per heavy atom. The molecule has 5 fully saturated rings. The van der Waals surface area contributed by atoms with Crippen LogP contribution in [-0.2, 0) is 52.0 Å². The molecule has 12 heteroatoms. The molecule has 0 aromatic heterocycles. The van der Waals surface area contributed by atoms with E-state index in [1.165, 1.54) is 27.7 Å². The number of hydrogen-bond acceptors (Lipinski definition) is 11. The van der Waals surface area contributed by atoms with E-state index in [2.05, 4.69) is 20.8 Å². The fourth-order valence-corrected chi connectivity index (χ4v) is 13.3. The zero-order chi connectivity index (χ0) is 34.3. The van der Waals surface area contributed by atoms with Crippen LogP contribution in [0.3, 0.4) is 0 Å². The molecule has 2 bridgehead atoms. The van der Waals surface area contributed by atoms with Crippen molar-refractivity contribution in [2.75, 3.05) is 6.61 Å². The molecule has 0 amide bonds. The third kappa shape index (κ3) is 4.98. The number of esters is 4. The van der Waals surface area contributed by atoms with Gasteiger partial charge in [0.1, 0.15) is 35.1 Å². The van der Waals surface area contributed by atoms with Crippen molar-refractivity contribution < 1.29 is 52.0 Å². The van der Waals surface area contributed by atoms with Crippen molar-refractivity contribution in [1.29, 1.82) is 0 Å². The molecule has 11 nitrogen and oxygen atoms in total. The fourth-order valence-electron chi connectivity index (χ4n) is 10.3. The van der Waals surface area contributed by atoms with Gasteiger partial charge in [-0.25, -0.2) is 0 Å². The van der Waals surface area contributed by atoms with Gasteiger partial charge in [0.05, 0.1) is 12.7 Å². The van der Waals surface area contributed by atoms with E-state index in [0.717, 1.165) is 18.1 Å². The third-order valence-electron chi connectivity index (χ3n) is 12.8. The summed E-state index contributed by atoms with van der Waals surface area (Å²) in [6.07, 6.45) is -2.27. The van der Waals surface area contributed by atoms with Crippen LogP contribution in [-0.4, -0.2) is 86.1 Å². The molecule has 260 valence electrons. The Bertz CT molecular complexity index is 1250. The van der Waals surface area contributed by atoms with Gasteiger partial charge in [-0.05, 0) is 44.3 Å². The maximum Gasteiger partial charge on any atom is 0.303 e. The first-order valence-electron chi connectivity index (χ1n) is 17.1. The van der Waals surface area contributed by atoms with Gasteiger partial charge in [0.15, 0.2) is 14.4 Å². The van der Waals surface area contributed by atoms with Gasteiger partial charge in [-0.3, -0.25) is 19.2 Å². The predicted molar refractivity (Wildman–Crippen MR) is 168 cm³/mol. The van der Waals surface area contributed by atoms with Gasteiger partial charge in [0.25, 0.3) is 0 Å². The number of carbonyl (C=O) groups excluding carboxylic acids is 4. The zero-order valence-electron chi connectivity index (χ0n) is 29.5. The Morgan fingerprint density at radius 3 is 1.76 bits per heavy atom. The Balaban J connectivity index is 1.78. The molecule has 5 aliphatic rings. The summed E-state index contributed by atoms with van der Waals surface area (Å²) < 4.78 is 45.4. The molecule has 46 heavy (non-hydrogen) atoms. The van der Waals surface area contributed by atoms with E-state index >= 15 is 0 Å². The molecular formula is C34H54O11Si. The lowest BCUT2D eigenvalue weighted by Crippen LogP contribution is -2.74. The van der Waals surface area contributed by atoms with Crippen molar-refractivity contribution in [3.63, 3.8) is 0 Å². The van der Waals surface area contributed by atoms with Gasteiger partial charge in [-0.15, -0.1) is 0 Å². The Morgan fingerprint density at radius 1 is 0.761 bits per heavy atom. The van der Waals surface area contributed by atoms with Crippen molar-refractivity contribution >= 4 is 32.2 Å². The molecule has 2 heterocycles. The predicted octanol–water partition coefficient (Wildman–Crippen LogP) is 4.88. The number of epoxide rings is 2. The molecule has 0 aromatic rings. The summed E-state index contributed by atoms with van der Waals surface area (Å²) in [6.45, 7) is 20.3. The normalized spacial score (nSPS) is 43.6. The molecule has 0 unspecified atom stereocenters. The second-order valence-electron chi connectivity index (χ2n) is 15.4. The summed E-state index contributed by atoms with van der Waals surface area (Å²) in [7, 11) is -2.11. The van der Waals surface area contributed by atoms with Crippen LogP contribution in [0.5, 0.6) is 0 Å². The van der Waals surface area contributed by atoms with E-state index in [9.17, 15) is 19.2 Å². The highest BCUT2D eigenvalue weighted by Gasteiger charge is 2.89. The van der Waals surface area contributed by atoms with Crippen LogP contribution >= 0.6 is 0 Å². The van der Waals surface area contributed by atoms with Gasteiger partial charge >= 0.3 is 23.9 Å². The summed E-state index contributed by atoms with van der Waals surface area (Å²) in [5.41, 5.74) is -4.84. The Hall–Kier alpha value is -2.02. The second kappa shape index (κ2) is 11.5. The lowest BCUT2D eigenvalue weighted by Gasteiger charge is -2.62. The molecule has 0 aromatic carbocycles. The monoisotopic (exact) mass is 666 g/mol. The molecule has 2 spiro atoms. The Labute approximate surface area is 274 Å². The highest BCUT2D eigenvalue weighted by molar-refractivity contribution is 6.73. The quantitative estimate of drug-likeness (QED) is 0.144. The molecule has 3 aliphatic carbocycles. The first kappa shape index (κ1) is 35.3.